The van der Waals surface area contributed by atoms with Crippen LogP contribution in [0.5, 0.6) is 0 Å². The first-order valence-electron chi connectivity index (χ1n) is 9.58. The van der Waals surface area contributed by atoms with E-state index in [0.29, 0.717) is 17.6 Å². The van der Waals surface area contributed by atoms with E-state index in [1.54, 1.807) is 13.8 Å². The van der Waals surface area contributed by atoms with Gasteiger partial charge in [0.1, 0.15) is 0 Å². The van der Waals surface area contributed by atoms with Gasteiger partial charge in [0, 0.05) is 0 Å². The average molecular weight is 351 g/mol. The van der Waals surface area contributed by atoms with Crippen LogP contribution in [0.3, 0.4) is 0 Å². The molecule has 0 aliphatic heterocycles. The Hall–Kier alpha value is -0.830. The molecule has 2 rings (SSSR count). The van der Waals surface area contributed by atoms with Crippen LogP contribution < -0.4 is 0 Å². The fourth-order valence-electron chi connectivity index (χ4n) is 3.65. The van der Waals surface area contributed by atoms with Crippen molar-refractivity contribution in [2.24, 2.45) is 11.8 Å². The van der Waals surface area contributed by atoms with Gasteiger partial charge >= 0.3 is 0 Å². The highest BCUT2D eigenvalue weighted by Gasteiger charge is 2.27. The minimum atomic E-state index is -2.88. The summed E-state index contributed by atoms with van der Waals surface area (Å²) < 4.78 is 24.1. The van der Waals surface area contributed by atoms with Crippen LogP contribution in [0.15, 0.2) is 24.3 Å². The molecule has 0 radical (unpaired) electrons. The Labute approximate surface area is 149 Å². The normalized spacial score (nSPS) is 22.2. The minimum absolute atomic E-state index is 0.232. The number of aryl methyl sites for hydroxylation is 1. The highest BCUT2D eigenvalue weighted by Crippen LogP contribution is 2.33. The standard InChI is InChI=1S/C21H34O2S/c1-16(2)21-13-11-19(12-14-21)6-5-18-7-9-20(10-8-18)15-24(22,23)17(3)4/h11-14,16-18,20H,5-10,15H2,1-4H3. The third-order valence-electron chi connectivity index (χ3n) is 5.64. The second kappa shape index (κ2) is 8.51. The summed E-state index contributed by atoms with van der Waals surface area (Å²) in [7, 11) is -2.88. The van der Waals surface area contributed by atoms with Crippen LogP contribution in [-0.4, -0.2) is 19.4 Å². The monoisotopic (exact) mass is 350 g/mol. The summed E-state index contributed by atoms with van der Waals surface area (Å²) in [5.74, 6) is 2.15. The number of benzene rings is 1. The second-order valence-corrected chi connectivity index (χ2v) is 10.8. The van der Waals surface area contributed by atoms with E-state index >= 15 is 0 Å². The van der Waals surface area contributed by atoms with Crippen LogP contribution in [0.1, 0.15) is 76.8 Å². The molecule has 0 N–H and O–H groups in total. The van der Waals surface area contributed by atoms with Crippen LogP contribution in [0.4, 0.5) is 0 Å². The Balaban J connectivity index is 1.75. The molecule has 1 aliphatic rings. The van der Waals surface area contributed by atoms with Gasteiger partial charge in [-0.1, -0.05) is 51.0 Å². The number of sulfone groups is 1. The quantitative estimate of drug-likeness (QED) is 0.662. The second-order valence-electron chi connectivity index (χ2n) is 8.20. The first kappa shape index (κ1) is 19.5. The Morgan fingerprint density at radius 2 is 1.46 bits per heavy atom. The Kier molecular flexibility index (Phi) is 6.91. The van der Waals surface area contributed by atoms with E-state index < -0.39 is 9.84 Å². The topological polar surface area (TPSA) is 34.1 Å². The highest BCUT2D eigenvalue weighted by atomic mass is 32.2. The molecule has 0 saturated heterocycles. The number of hydrogen-bond donors (Lipinski definition) is 0. The molecule has 2 nitrogen and oxygen atoms in total. The third kappa shape index (κ3) is 5.61. The lowest BCUT2D eigenvalue weighted by Crippen LogP contribution is -2.26. The molecule has 1 fully saturated rings. The molecular weight excluding hydrogens is 316 g/mol. The molecule has 0 unspecified atom stereocenters. The van der Waals surface area contributed by atoms with Gasteiger partial charge in [-0.05, 0) is 68.4 Å². The molecule has 0 bridgehead atoms. The van der Waals surface area contributed by atoms with Gasteiger partial charge in [-0.2, -0.15) is 0 Å². The van der Waals surface area contributed by atoms with E-state index in [4.69, 9.17) is 0 Å². The lowest BCUT2D eigenvalue weighted by atomic mass is 9.80. The van der Waals surface area contributed by atoms with Crippen LogP contribution in [-0.2, 0) is 16.3 Å². The molecule has 0 aromatic heterocycles. The molecule has 1 aromatic rings. The number of rotatable bonds is 7. The molecule has 1 aliphatic carbocycles. The summed E-state index contributed by atoms with van der Waals surface area (Å²) in [6.07, 6.45) is 6.96. The molecule has 136 valence electrons. The highest BCUT2D eigenvalue weighted by molar-refractivity contribution is 7.91. The van der Waals surface area contributed by atoms with Gasteiger partial charge in [-0.15, -0.1) is 0 Å². The van der Waals surface area contributed by atoms with Gasteiger partial charge in [0.15, 0.2) is 9.84 Å². The van der Waals surface area contributed by atoms with Gasteiger partial charge < -0.3 is 0 Å². The van der Waals surface area contributed by atoms with Crippen molar-refractivity contribution in [3.05, 3.63) is 35.4 Å². The average Bonchev–Trinajstić information content (AvgIpc) is 2.54. The molecular formula is C21H34O2S. The Morgan fingerprint density at radius 3 is 1.96 bits per heavy atom. The summed E-state index contributed by atoms with van der Waals surface area (Å²) in [6.45, 7) is 8.05. The summed E-state index contributed by atoms with van der Waals surface area (Å²) in [4.78, 5) is 0. The fourth-order valence-corrected chi connectivity index (χ4v) is 5.02. The maximum absolute atomic E-state index is 12.1. The summed E-state index contributed by atoms with van der Waals surface area (Å²) in [5, 5.41) is -0.232. The van der Waals surface area contributed by atoms with Crippen molar-refractivity contribution in [1.29, 1.82) is 0 Å². The zero-order chi connectivity index (χ0) is 17.7. The van der Waals surface area contributed by atoms with Crippen molar-refractivity contribution in [2.75, 3.05) is 5.75 Å². The number of hydrogen-bond acceptors (Lipinski definition) is 2. The molecule has 1 saturated carbocycles. The van der Waals surface area contributed by atoms with Gasteiger partial charge in [-0.25, -0.2) is 8.42 Å². The lowest BCUT2D eigenvalue weighted by Gasteiger charge is -2.28. The van der Waals surface area contributed by atoms with Crippen molar-refractivity contribution >= 4 is 9.84 Å². The van der Waals surface area contributed by atoms with E-state index in [1.807, 2.05) is 0 Å². The van der Waals surface area contributed by atoms with Crippen molar-refractivity contribution in [1.82, 2.24) is 0 Å². The van der Waals surface area contributed by atoms with Gasteiger partial charge in [-0.3, -0.25) is 0 Å². The molecule has 24 heavy (non-hydrogen) atoms. The Bertz CT molecular complexity index is 591. The molecule has 0 spiro atoms. The molecule has 0 atom stereocenters. The zero-order valence-corrected chi connectivity index (χ0v) is 16.6. The Morgan fingerprint density at radius 1 is 0.917 bits per heavy atom. The van der Waals surface area contributed by atoms with Gasteiger partial charge in [0.25, 0.3) is 0 Å². The van der Waals surface area contributed by atoms with E-state index in [0.717, 1.165) is 25.2 Å². The largest absolute Gasteiger partial charge is 0.229 e. The van der Waals surface area contributed by atoms with Crippen molar-refractivity contribution in [2.45, 2.75) is 77.4 Å². The van der Waals surface area contributed by atoms with E-state index in [-0.39, 0.29) is 5.25 Å². The molecule has 1 aromatic carbocycles. The maximum Gasteiger partial charge on any atom is 0.152 e. The lowest BCUT2D eigenvalue weighted by molar-refractivity contribution is 0.278. The van der Waals surface area contributed by atoms with Crippen LogP contribution in [0.2, 0.25) is 0 Å². The van der Waals surface area contributed by atoms with E-state index in [1.165, 1.54) is 30.4 Å². The predicted molar refractivity (Wildman–Crippen MR) is 103 cm³/mol. The predicted octanol–water partition coefficient (Wildman–Crippen LogP) is 5.37. The van der Waals surface area contributed by atoms with Gasteiger partial charge in [0.2, 0.25) is 0 Å². The minimum Gasteiger partial charge on any atom is -0.229 e. The summed E-state index contributed by atoms with van der Waals surface area (Å²) in [6, 6.07) is 9.06. The maximum atomic E-state index is 12.1. The molecule has 3 heteroatoms. The fraction of sp³-hybridized carbons (Fsp3) is 0.714. The SMILES string of the molecule is CC(C)c1ccc(CCC2CCC(CS(=O)(=O)C(C)C)CC2)cc1. The zero-order valence-electron chi connectivity index (χ0n) is 15.8. The molecule has 0 heterocycles. The third-order valence-corrected chi connectivity index (χ3v) is 8.01. The van der Waals surface area contributed by atoms with Crippen molar-refractivity contribution < 1.29 is 8.42 Å². The van der Waals surface area contributed by atoms with Crippen molar-refractivity contribution in [3.8, 4) is 0 Å². The van der Waals surface area contributed by atoms with Crippen LogP contribution >= 0.6 is 0 Å². The van der Waals surface area contributed by atoms with Crippen molar-refractivity contribution in [3.63, 3.8) is 0 Å². The van der Waals surface area contributed by atoms with Crippen LogP contribution in [0.25, 0.3) is 0 Å². The van der Waals surface area contributed by atoms with E-state index in [9.17, 15) is 8.42 Å². The smallest absolute Gasteiger partial charge is 0.152 e. The summed E-state index contributed by atoms with van der Waals surface area (Å²) in [5.41, 5.74) is 2.84. The van der Waals surface area contributed by atoms with Crippen LogP contribution in [0, 0.1) is 11.8 Å². The first-order valence-corrected chi connectivity index (χ1v) is 11.3. The molecule has 0 amide bonds. The van der Waals surface area contributed by atoms with E-state index in [2.05, 4.69) is 38.1 Å². The van der Waals surface area contributed by atoms with Gasteiger partial charge in [0.05, 0.1) is 11.0 Å². The first-order chi connectivity index (χ1) is 11.3. The summed E-state index contributed by atoms with van der Waals surface area (Å²) >= 11 is 0.